The van der Waals surface area contributed by atoms with Crippen LogP contribution in [0.15, 0.2) is 36.4 Å². The Bertz CT molecular complexity index is 672. The molecular formula is C14H11F3N2O2. The highest BCUT2D eigenvalue weighted by Gasteiger charge is 2.18. The van der Waals surface area contributed by atoms with Crippen molar-refractivity contribution in [1.82, 2.24) is 0 Å². The highest BCUT2D eigenvalue weighted by Crippen LogP contribution is 2.28. The van der Waals surface area contributed by atoms with E-state index in [1.54, 1.807) is 0 Å². The topological polar surface area (TPSA) is 55.2 Å². The predicted octanol–water partition coefficient (Wildman–Crippen LogP) is 4.19. The van der Waals surface area contributed by atoms with Crippen molar-refractivity contribution in [2.45, 2.75) is 13.0 Å². The lowest BCUT2D eigenvalue weighted by Gasteiger charge is -2.17. The van der Waals surface area contributed by atoms with Gasteiger partial charge >= 0.3 is 0 Å². The van der Waals surface area contributed by atoms with E-state index in [1.165, 1.54) is 13.0 Å². The van der Waals surface area contributed by atoms with Gasteiger partial charge in [-0.3, -0.25) is 10.1 Å². The van der Waals surface area contributed by atoms with Crippen LogP contribution in [0.3, 0.4) is 0 Å². The van der Waals surface area contributed by atoms with Gasteiger partial charge in [-0.15, -0.1) is 0 Å². The summed E-state index contributed by atoms with van der Waals surface area (Å²) in [6, 6.07) is 5.39. The van der Waals surface area contributed by atoms with Gasteiger partial charge in [0.25, 0.3) is 5.69 Å². The lowest BCUT2D eigenvalue weighted by atomic mass is 10.1. The largest absolute Gasteiger partial charge is 0.376 e. The van der Waals surface area contributed by atoms with E-state index in [4.69, 9.17) is 0 Å². The minimum absolute atomic E-state index is 0.195. The molecule has 0 amide bonds. The molecule has 0 saturated carbocycles. The second-order valence-corrected chi connectivity index (χ2v) is 4.42. The molecule has 0 bridgehead atoms. The Kier molecular flexibility index (Phi) is 4.11. The van der Waals surface area contributed by atoms with Crippen LogP contribution in [-0.2, 0) is 0 Å². The summed E-state index contributed by atoms with van der Waals surface area (Å²) in [7, 11) is 0. The van der Waals surface area contributed by atoms with Crippen LogP contribution >= 0.6 is 0 Å². The normalized spacial score (nSPS) is 12.0. The number of rotatable bonds is 4. The molecule has 0 aliphatic heterocycles. The van der Waals surface area contributed by atoms with Crippen molar-refractivity contribution in [3.05, 3.63) is 69.5 Å². The molecule has 0 fully saturated rings. The lowest BCUT2D eigenvalue weighted by Crippen LogP contribution is -2.12. The van der Waals surface area contributed by atoms with Gasteiger partial charge in [0.05, 0.1) is 16.7 Å². The maximum absolute atomic E-state index is 13.6. The number of anilines is 1. The molecule has 21 heavy (non-hydrogen) atoms. The quantitative estimate of drug-likeness (QED) is 0.680. The SMILES string of the molecule is CC(Nc1cc([N+](=O)[O-])ccc1F)c1c(F)cccc1F. The summed E-state index contributed by atoms with van der Waals surface area (Å²) in [6.45, 7) is 1.43. The summed E-state index contributed by atoms with van der Waals surface area (Å²) >= 11 is 0. The average Bonchev–Trinajstić information content (AvgIpc) is 2.40. The number of benzene rings is 2. The fourth-order valence-electron chi connectivity index (χ4n) is 1.97. The zero-order valence-electron chi connectivity index (χ0n) is 10.9. The van der Waals surface area contributed by atoms with Gasteiger partial charge in [-0.05, 0) is 25.1 Å². The first kappa shape index (κ1) is 14.8. The van der Waals surface area contributed by atoms with E-state index in [0.29, 0.717) is 0 Å². The zero-order valence-corrected chi connectivity index (χ0v) is 10.9. The highest BCUT2D eigenvalue weighted by molar-refractivity contribution is 5.53. The zero-order chi connectivity index (χ0) is 15.6. The third-order valence-electron chi connectivity index (χ3n) is 2.97. The van der Waals surface area contributed by atoms with Crippen molar-refractivity contribution in [2.75, 3.05) is 5.32 Å². The highest BCUT2D eigenvalue weighted by atomic mass is 19.1. The van der Waals surface area contributed by atoms with E-state index in [-0.39, 0.29) is 16.9 Å². The Labute approximate surface area is 118 Å². The standard InChI is InChI=1S/C14H11F3N2O2/c1-8(14-11(16)3-2-4-12(14)17)18-13-7-9(19(20)21)5-6-10(13)15/h2-8,18H,1H3. The van der Waals surface area contributed by atoms with Crippen LogP contribution in [0.4, 0.5) is 24.5 Å². The van der Waals surface area contributed by atoms with Crippen LogP contribution in [0.2, 0.25) is 0 Å². The monoisotopic (exact) mass is 296 g/mol. The first-order valence-electron chi connectivity index (χ1n) is 6.04. The molecule has 1 unspecified atom stereocenters. The minimum atomic E-state index is -0.900. The Morgan fingerprint density at radius 3 is 2.29 bits per heavy atom. The van der Waals surface area contributed by atoms with E-state index < -0.39 is 28.4 Å². The van der Waals surface area contributed by atoms with Crippen LogP contribution in [0, 0.1) is 27.6 Å². The van der Waals surface area contributed by atoms with E-state index in [0.717, 1.165) is 30.3 Å². The minimum Gasteiger partial charge on any atom is -0.376 e. The second kappa shape index (κ2) is 5.82. The van der Waals surface area contributed by atoms with Crippen molar-refractivity contribution < 1.29 is 18.1 Å². The fraction of sp³-hybridized carbons (Fsp3) is 0.143. The summed E-state index contributed by atoms with van der Waals surface area (Å²) in [5, 5.41) is 13.2. The summed E-state index contributed by atoms with van der Waals surface area (Å²) in [5.41, 5.74) is -0.775. The molecule has 2 aromatic carbocycles. The molecule has 0 aliphatic carbocycles. The Hall–Kier alpha value is -2.57. The first-order chi connectivity index (χ1) is 9.90. The van der Waals surface area contributed by atoms with Gasteiger partial charge in [0.2, 0.25) is 0 Å². The molecule has 0 spiro atoms. The molecule has 4 nitrogen and oxygen atoms in total. The summed E-state index contributed by atoms with van der Waals surface area (Å²) in [6.07, 6.45) is 0. The summed E-state index contributed by atoms with van der Waals surface area (Å²) < 4.78 is 40.9. The molecule has 1 N–H and O–H groups in total. The molecular weight excluding hydrogens is 285 g/mol. The smallest absolute Gasteiger partial charge is 0.271 e. The third kappa shape index (κ3) is 3.13. The van der Waals surface area contributed by atoms with Gasteiger partial charge in [-0.2, -0.15) is 0 Å². The molecule has 2 rings (SSSR count). The molecule has 0 radical (unpaired) electrons. The Morgan fingerprint density at radius 1 is 1.10 bits per heavy atom. The first-order valence-corrected chi connectivity index (χ1v) is 6.04. The number of hydrogen-bond acceptors (Lipinski definition) is 3. The lowest BCUT2D eigenvalue weighted by molar-refractivity contribution is -0.384. The predicted molar refractivity (Wildman–Crippen MR) is 71.5 cm³/mol. The Balaban J connectivity index is 2.33. The van der Waals surface area contributed by atoms with Crippen LogP contribution < -0.4 is 5.32 Å². The number of nitrogens with zero attached hydrogens (tertiary/aromatic N) is 1. The van der Waals surface area contributed by atoms with Crippen molar-refractivity contribution in [3.63, 3.8) is 0 Å². The molecule has 1 atom stereocenters. The third-order valence-corrected chi connectivity index (χ3v) is 2.97. The van der Waals surface area contributed by atoms with Gasteiger partial charge in [0, 0.05) is 17.7 Å². The Morgan fingerprint density at radius 2 is 1.71 bits per heavy atom. The number of nitro groups is 1. The maximum atomic E-state index is 13.6. The van der Waals surface area contributed by atoms with Crippen molar-refractivity contribution in [2.24, 2.45) is 0 Å². The van der Waals surface area contributed by atoms with Crippen LogP contribution in [0.25, 0.3) is 0 Å². The van der Waals surface area contributed by atoms with E-state index in [9.17, 15) is 23.3 Å². The molecule has 0 heterocycles. The average molecular weight is 296 g/mol. The second-order valence-electron chi connectivity index (χ2n) is 4.42. The number of nitrogens with one attached hydrogen (secondary N) is 1. The molecule has 0 aliphatic rings. The maximum Gasteiger partial charge on any atom is 0.271 e. The van der Waals surface area contributed by atoms with Gasteiger partial charge in [0.15, 0.2) is 0 Å². The van der Waals surface area contributed by atoms with Gasteiger partial charge in [-0.1, -0.05) is 6.07 Å². The van der Waals surface area contributed by atoms with Crippen LogP contribution in [0.5, 0.6) is 0 Å². The van der Waals surface area contributed by atoms with Crippen molar-refractivity contribution in [3.8, 4) is 0 Å². The number of hydrogen-bond donors (Lipinski definition) is 1. The van der Waals surface area contributed by atoms with Crippen molar-refractivity contribution in [1.29, 1.82) is 0 Å². The van der Waals surface area contributed by atoms with E-state index in [1.807, 2.05) is 0 Å². The number of halogens is 3. The van der Waals surface area contributed by atoms with Gasteiger partial charge < -0.3 is 5.32 Å². The van der Waals surface area contributed by atoms with Crippen LogP contribution in [-0.4, -0.2) is 4.92 Å². The molecule has 0 saturated heterocycles. The van der Waals surface area contributed by atoms with E-state index >= 15 is 0 Å². The van der Waals surface area contributed by atoms with E-state index in [2.05, 4.69) is 5.32 Å². The number of nitro benzene ring substituents is 1. The fourth-order valence-corrected chi connectivity index (χ4v) is 1.97. The molecule has 0 aromatic heterocycles. The van der Waals surface area contributed by atoms with Gasteiger partial charge in [0.1, 0.15) is 17.5 Å². The van der Waals surface area contributed by atoms with Gasteiger partial charge in [-0.25, -0.2) is 13.2 Å². The summed E-state index contributed by atoms with van der Waals surface area (Å²) in [4.78, 5) is 9.98. The molecule has 110 valence electrons. The van der Waals surface area contributed by atoms with Crippen LogP contribution in [0.1, 0.15) is 18.5 Å². The number of non-ortho nitro benzene ring substituents is 1. The molecule has 2 aromatic rings. The van der Waals surface area contributed by atoms with Crippen molar-refractivity contribution >= 4 is 11.4 Å². The summed E-state index contributed by atoms with van der Waals surface area (Å²) in [5.74, 6) is -2.30. The molecule has 7 heteroatoms.